The highest BCUT2D eigenvalue weighted by molar-refractivity contribution is 6.18. The van der Waals surface area contributed by atoms with E-state index in [-0.39, 0.29) is 5.54 Å². The third-order valence-corrected chi connectivity index (χ3v) is 3.13. The predicted molar refractivity (Wildman–Crippen MR) is 59.5 cm³/mol. The molecule has 0 radical (unpaired) electrons. The number of nitrogens with one attached hydrogen (secondary N) is 1. The summed E-state index contributed by atoms with van der Waals surface area (Å²) in [5.41, 5.74) is 1.07. The molecule has 1 atom stereocenters. The lowest BCUT2D eigenvalue weighted by Crippen LogP contribution is -2.43. The van der Waals surface area contributed by atoms with E-state index >= 15 is 0 Å². The van der Waals surface area contributed by atoms with Gasteiger partial charge in [-0.2, -0.15) is 5.10 Å². The minimum Gasteiger partial charge on any atom is -0.305 e. The van der Waals surface area contributed by atoms with Crippen molar-refractivity contribution >= 4 is 11.6 Å². The summed E-state index contributed by atoms with van der Waals surface area (Å²) in [4.78, 5) is 0. The molecule has 14 heavy (non-hydrogen) atoms. The quantitative estimate of drug-likeness (QED) is 0.761. The molecule has 1 rings (SSSR count). The molecule has 4 heteroatoms. The minimum absolute atomic E-state index is 0.0130. The van der Waals surface area contributed by atoms with E-state index in [0.717, 1.165) is 18.7 Å². The zero-order chi connectivity index (χ0) is 10.6. The Bertz CT molecular complexity index is 279. The van der Waals surface area contributed by atoms with Gasteiger partial charge >= 0.3 is 0 Å². The molecule has 0 amide bonds. The molecule has 0 saturated heterocycles. The fraction of sp³-hybridized carbons (Fsp3) is 0.700. The number of aromatic nitrogens is 2. The highest BCUT2D eigenvalue weighted by Gasteiger charge is 2.19. The van der Waals surface area contributed by atoms with Crippen molar-refractivity contribution in [1.29, 1.82) is 0 Å². The lowest BCUT2D eigenvalue weighted by molar-refractivity contribution is 0.376. The van der Waals surface area contributed by atoms with Crippen LogP contribution < -0.4 is 5.32 Å². The van der Waals surface area contributed by atoms with Gasteiger partial charge in [0.25, 0.3) is 0 Å². The minimum atomic E-state index is 0.0130. The third kappa shape index (κ3) is 3.00. The summed E-state index contributed by atoms with van der Waals surface area (Å²) < 4.78 is 1.81. The first-order valence-corrected chi connectivity index (χ1v) is 5.42. The van der Waals surface area contributed by atoms with Gasteiger partial charge in [-0.25, -0.2) is 0 Å². The van der Waals surface area contributed by atoms with Gasteiger partial charge in [-0.05, 0) is 19.4 Å². The van der Waals surface area contributed by atoms with Crippen LogP contribution in [0.1, 0.15) is 26.0 Å². The van der Waals surface area contributed by atoms with Gasteiger partial charge in [0.05, 0.1) is 5.69 Å². The molecule has 1 aromatic heterocycles. The van der Waals surface area contributed by atoms with Gasteiger partial charge in [0.1, 0.15) is 0 Å². The SMILES string of the molecule is CCC(C)(CCl)NCc1ccn(C)n1. The number of aryl methyl sites for hydroxylation is 1. The highest BCUT2D eigenvalue weighted by atomic mass is 35.5. The van der Waals surface area contributed by atoms with E-state index in [1.165, 1.54) is 0 Å². The number of nitrogens with zero attached hydrogens (tertiary/aromatic N) is 2. The summed E-state index contributed by atoms with van der Waals surface area (Å²) in [6.07, 6.45) is 2.96. The second-order valence-electron chi connectivity index (χ2n) is 3.88. The standard InChI is InChI=1S/C10H18ClN3/c1-4-10(2,8-11)12-7-9-5-6-14(3)13-9/h5-6,12H,4,7-8H2,1-3H3. The monoisotopic (exact) mass is 215 g/mol. The average molecular weight is 216 g/mol. The summed E-state index contributed by atoms with van der Waals surface area (Å²) in [6.45, 7) is 5.04. The van der Waals surface area contributed by atoms with E-state index in [9.17, 15) is 0 Å². The second kappa shape index (κ2) is 4.80. The van der Waals surface area contributed by atoms with Gasteiger partial charge in [-0.3, -0.25) is 4.68 Å². The van der Waals surface area contributed by atoms with Gasteiger partial charge in [0, 0.05) is 31.2 Å². The molecule has 0 aliphatic heterocycles. The Morgan fingerprint density at radius 3 is 2.79 bits per heavy atom. The first kappa shape index (κ1) is 11.5. The van der Waals surface area contributed by atoms with E-state index in [0.29, 0.717) is 5.88 Å². The summed E-state index contributed by atoms with van der Waals surface area (Å²) in [5, 5.41) is 7.71. The van der Waals surface area contributed by atoms with Crippen molar-refractivity contribution < 1.29 is 0 Å². The molecule has 0 aromatic carbocycles. The fourth-order valence-electron chi connectivity index (χ4n) is 1.13. The molecule has 1 aromatic rings. The number of alkyl halides is 1. The Balaban J connectivity index is 2.47. The maximum Gasteiger partial charge on any atom is 0.0762 e. The Labute approximate surface area is 90.4 Å². The van der Waals surface area contributed by atoms with Crippen LogP contribution in [0.25, 0.3) is 0 Å². The van der Waals surface area contributed by atoms with E-state index in [2.05, 4.69) is 24.3 Å². The fourth-order valence-corrected chi connectivity index (χ4v) is 1.41. The Kier molecular flexibility index (Phi) is 3.96. The first-order chi connectivity index (χ1) is 6.59. The third-order valence-electron chi connectivity index (χ3n) is 2.54. The number of halogens is 1. The summed E-state index contributed by atoms with van der Waals surface area (Å²) in [7, 11) is 1.92. The van der Waals surface area contributed by atoms with Crippen molar-refractivity contribution in [3.05, 3.63) is 18.0 Å². The van der Waals surface area contributed by atoms with E-state index in [1.807, 2.05) is 19.3 Å². The van der Waals surface area contributed by atoms with Gasteiger partial charge in [-0.15, -0.1) is 11.6 Å². The van der Waals surface area contributed by atoms with Crippen LogP contribution in [0.4, 0.5) is 0 Å². The molecule has 80 valence electrons. The molecule has 0 fully saturated rings. The maximum absolute atomic E-state index is 5.89. The molecule has 1 unspecified atom stereocenters. The Morgan fingerprint density at radius 1 is 1.64 bits per heavy atom. The van der Waals surface area contributed by atoms with Gasteiger partial charge in [-0.1, -0.05) is 6.92 Å². The van der Waals surface area contributed by atoms with Crippen LogP contribution in [0.5, 0.6) is 0 Å². The van der Waals surface area contributed by atoms with Crippen molar-refractivity contribution in [2.75, 3.05) is 5.88 Å². The lowest BCUT2D eigenvalue weighted by Gasteiger charge is -2.26. The summed E-state index contributed by atoms with van der Waals surface area (Å²) in [5.74, 6) is 0.621. The smallest absolute Gasteiger partial charge is 0.0762 e. The zero-order valence-electron chi connectivity index (χ0n) is 9.05. The lowest BCUT2D eigenvalue weighted by atomic mass is 10.0. The number of hydrogen-bond donors (Lipinski definition) is 1. The van der Waals surface area contributed by atoms with Crippen LogP contribution in [-0.2, 0) is 13.6 Å². The van der Waals surface area contributed by atoms with Crippen LogP contribution >= 0.6 is 11.6 Å². The van der Waals surface area contributed by atoms with Gasteiger partial charge < -0.3 is 5.32 Å². The molecule has 0 saturated carbocycles. The van der Waals surface area contributed by atoms with Gasteiger partial charge in [0.2, 0.25) is 0 Å². The van der Waals surface area contributed by atoms with Crippen molar-refractivity contribution in [3.63, 3.8) is 0 Å². The zero-order valence-corrected chi connectivity index (χ0v) is 9.80. The average Bonchev–Trinajstić information content (AvgIpc) is 2.61. The normalized spacial score (nSPS) is 15.4. The van der Waals surface area contributed by atoms with E-state index < -0.39 is 0 Å². The Morgan fingerprint density at radius 2 is 2.36 bits per heavy atom. The van der Waals surface area contributed by atoms with Crippen molar-refractivity contribution in [3.8, 4) is 0 Å². The van der Waals surface area contributed by atoms with Crippen LogP contribution in [0, 0.1) is 0 Å². The van der Waals surface area contributed by atoms with E-state index in [4.69, 9.17) is 11.6 Å². The molecule has 0 aliphatic carbocycles. The molecule has 3 nitrogen and oxygen atoms in total. The molecule has 1 heterocycles. The molecular weight excluding hydrogens is 198 g/mol. The van der Waals surface area contributed by atoms with Crippen molar-refractivity contribution in [1.82, 2.24) is 15.1 Å². The van der Waals surface area contributed by atoms with Crippen LogP contribution in [0.15, 0.2) is 12.3 Å². The van der Waals surface area contributed by atoms with Crippen LogP contribution in [-0.4, -0.2) is 21.2 Å². The van der Waals surface area contributed by atoms with Crippen molar-refractivity contribution in [2.24, 2.45) is 7.05 Å². The Hall–Kier alpha value is -0.540. The predicted octanol–water partition coefficient (Wildman–Crippen LogP) is 1.92. The van der Waals surface area contributed by atoms with Crippen molar-refractivity contribution in [2.45, 2.75) is 32.4 Å². The largest absolute Gasteiger partial charge is 0.305 e. The molecule has 0 aliphatic rings. The molecule has 0 bridgehead atoms. The summed E-state index contributed by atoms with van der Waals surface area (Å²) >= 11 is 5.89. The van der Waals surface area contributed by atoms with Crippen LogP contribution in [0.2, 0.25) is 0 Å². The molecule has 1 N–H and O–H groups in total. The first-order valence-electron chi connectivity index (χ1n) is 4.89. The van der Waals surface area contributed by atoms with E-state index in [1.54, 1.807) is 4.68 Å². The second-order valence-corrected chi connectivity index (χ2v) is 4.15. The summed E-state index contributed by atoms with van der Waals surface area (Å²) in [6, 6.07) is 2.01. The van der Waals surface area contributed by atoms with Gasteiger partial charge in [0.15, 0.2) is 0 Å². The highest BCUT2D eigenvalue weighted by Crippen LogP contribution is 2.11. The topological polar surface area (TPSA) is 29.9 Å². The maximum atomic E-state index is 5.89. The molecule has 0 spiro atoms. The molecular formula is C10H18ClN3. The number of hydrogen-bond acceptors (Lipinski definition) is 2. The van der Waals surface area contributed by atoms with Crippen LogP contribution in [0.3, 0.4) is 0 Å². The number of rotatable bonds is 5.